The predicted octanol–water partition coefficient (Wildman–Crippen LogP) is 2.41. The third kappa shape index (κ3) is 11.4. The van der Waals surface area contributed by atoms with Crippen LogP contribution in [0.5, 0.6) is 0 Å². The van der Waals surface area contributed by atoms with Gasteiger partial charge in [-0.05, 0) is 12.8 Å². The summed E-state index contributed by atoms with van der Waals surface area (Å²) in [7, 11) is -7.65. The second-order valence-electron chi connectivity index (χ2n) is 4.77. The molecule has 19 heavy (non-hydrogen) atoms. The standard InChI is InChI=1S/C12H26NO4S2/c1-3-5-7-9-11-18(14,15)13-19(16,17)12-10-8-6-4-2/h3-12H2,1-2H3. The monoisotopic (exact) mass is 312 g/mol. The molecule has 0 saturated heterocycles. The zero-order valence-corrected chi connectivity index (χ0v) is 13.6. The lowest BCUT2D eigenvalue weighted by atomic mass is 10.2. The molecular weight excluding hydrogens is 286 g/mol. The molecule has 0 aliphatic heterocycles. The molecule has 0 saturated carbocycles. The lowest BCUT2D eigenvalue weighted by Crippen LogP contribution is -2.28. The second-order valence-corrected chi connectivity index (χ2v) is 8.51. The van der Waals surface area contributed by atoms with Crippen LogP contribution in [0.25, 0.3) is 0 Å². The van der Waals surface area contributed by atoms with Gasteiger partial charge in [-0.25, -0.2) is 16.8 Å². The quantitative estimate of drug-likeness (QED) is 0.518. The summed E-state index contributed by atoms with van der Waals surface area (Å²) in [5.41, 5.74) is 0. The van der Waals surface area contributed by atoms with Gasteiger partial charge in [0, 0.05) is 4.13 Å². The SMILES string of the molecule is CCCCCCS(=O)(=O)[N]S(=O)(=O)CCCCCC. The second kappa shape index (κ2) is 9.72. The largest absolute Gasteiger partial charge is 0.242 e. The van der Waals surface area contributed by atoms with Crippen LogP contribution in [0.3, 0.4) is 0 Å². The number of nitrogens with zero attached hydrogens (tertiary/aromatic N) is 1. The van der Waals surface area contributed by atoms with Crippen molar-refractivity contribution < 1.29 is 16.8 Å². The van der Waals surface area contributed by atoms with E-state index < -0.39 is 20.0 Å². The summed E-state index contributed by atoms with van der Waals surface area (Å²) in [4.78, 5) is 0. The first kappa shape index (κ1) is 18.9. The molecule has 0 aromatic heterocycles. The van der Waals surface area contributed by atoms with Crippen molar-refractivity contribution in [2.45, 2.75) is 65.2 Å². The number of hydrogen-bond acceptors (Lipinski definition) is 4. The maximum Gasteiger partial charge on any atom is 0.242 e. The fourth-order valence-corrected chi connectivity index (χ4v) is 4.79. The van der Waals surface area contributed by atoms with Crippen LogP contribution in [0.15, 0.2) is 0 Å². The Bertz CT molecular complexity index is 375. The molecule has 0 aromatic carbocycles. The van der Waals surface area contributed by atoms with Gasteiger partial charge in [0.05, 0.1) is 11.5 Å². The Morgan fingerprint density at radius 1 is 0.632 bits per heavy atom. The average Bonchev–Trinajstić information content (AvgIpc) is 2.29. The van der Waals surface area contributed by atoms with E-state index in [-0.39, 0.29) is 11.5 Å². The van der Waals surface area contributed by atoms with Gasteiger partial charge in [-0.15, -0.1) is 0 Å². The van der Waals surface area contributed by atoms with E-state index in [0.29, 0.717) is 12.8 Å². The van der Waals surface area contributed by atoms with Crippen molar-refractivity contribution in [2.24, 2.45) is 0 Å². The van der Waals surface area contributed by atoms with Crippen LogP contribution < -0.4 is 4.13 Å². The number of hydrogen-bond donors (Lipinski definition) is 0. The van der Waals surface area contributed by atoms with Gasteiger partial charge in [0.25, 0.3) is 0 Å². The van der Waals surface area contributed by atoms with E-state index in [9.17, 15) is 16.8 Å². The minimum atomic E-state index is -3.83. The van der Waals surface area contributed by atoms with Crippen LogP contribution in [-0.2, 0) is 20.0 Å². The van der Waals surface area contributed by atoms with E-state index in [1.165, 1.54) is 0 Å². The molecule has 0 rings (SSSR count). The minimum Gasteiger partial charge on any atom is -0.210 e. The molecule has 0 heterocycles. The first-order valence-electron chi connectivity index (χ1n) is 7.02. The summed E-state index contributed by atoms with van der Waals surface area (Å²) >= 11 is 0. The molecule has 7 heteroatoms. The van der Waals surface area contributed by atoms with Gasteiger partial charge in [0.15, 0.2) is 0 Å². The van der Waals surface area contributed by atoms with E-state index in [1.807, 2.05) is 13.8 Å². The van der Waals surface area contributed by atoms with E-state index in [1.54, 1.807) is 0 Å². The van der Waals surface area contributed by atoms with Gasteiger partial charge in [-0.3, -0.25) is 0 Å². The minimum absolute atomic E-state index is 0.165. The highest BCUT2D eigenvalue weighted by atomic mass is 32.3. The van der Waals surface area contributed by atoms with E-state index >= 15 is 0 Å². The molecule has 5 nitrogen and oxygen atoms in total. The van der Waals surface area contributed by atoms with Gasteiger partial charge >= 0.3 is 0 Å². The maximum atomic E-state index is 11.6. The number of sulfonamides is 2. The van der Waals surface area contributed by atoms with Crippen molar-refractivity contribution in [1.82, 2.24) is 4.13 Å². The van der Waals surface area contributed by atoms with Gasteiger partial charge < -0.3 is 0 Å². The Morgan fingerprint density at radius 2 is 1.00 bits per heavy atom. The molecule has 0 atom stereocenters. The molecule has 0 amide bonds. The smallest absolute Gasteiger partial charge is 0.210 e. The topological polar surface area (TPSA) is 82.4 Å². The lowest BCUT2D eigenvalue weighted by molar-refractivity contribution is 0.569. The van der Waals surface area contributed by atoms with Crippen LogP contribution in [0, 0.1) is 0 Å². The third-order valence-electron chi connectivity index (χ3n) is 2.74. The van der Waals surface area contributed by atoms with E-state index in [4.69, 9.17) is 0 Å². The molecule has 0 bridgehead atoms. The molecular formula is C12H26NO4S2. The number of unbranched alkanes of at least 4 members (excludes halogenated alkanes) is 6. The highest BCUT2D eigenvalue weighted by Crippen LogP contribution is 2.06. The van der Waals surface area contributed by atoms with Crippen molar-refractivity contribution in [3.05, 3.63) is 0 Å². The Balaban J connectivity index is 4.09. The van der Waals surface area contributed by atoms with Crippen molar-refractivity contribution in [3.63, 3.8) is 0 Å². The molecule has 0 aromatic rings. The van der Waals surface area contributed by atoms with Gasteiger partial charge in [0.1, 0.15) is 0 Å². The van der Waals surface area contributed by atoms with Crippen LogP contribution in [0.2, 0.25) is 0 Å². The van der Waals surface area contributed by atoms with Crippen LogP contribution >= 0.6 is 0 Å². The highest BCUT2D eigenvalue weighted by Gasteiger charge is 2.22. The summed E-state index contributed by atoms with van der Waals surface area (Å²) in [6.45, 7) is 4.05. The zero-order valence-electron chi connectivity index (χ0n) is 12.0. The average molecular weight is 312 g/mol. The van der Waals surface area contributed by atoms with Crippen molar-refractivity contribution in [1.29, 1.82) is 0 Å². The summed E-state index contributed by atoms with van der Waals surface area (Å²) in [5.74, 6) is -0.331. The first-order chi connectivity index (χ1) is 8.83. The fourth-order valence-electron chi connectivity index (χ4n) is 1.67. The molecule has 0 fully saturated rings. The molecule has 115 valence electrons. The summed E-state index contributed by atoms with van der Waals surface area (Å²) < 4.78 is 49.3. The Kier molecular flexibility index (Phi) is 9.64. The molecule has 0 N–H and O–H groups in total. The Morgan fingerprint density at radius 3 is 1.32 bits per heavy atom. The Hall–Kier alpha value is -0.140. The number of rotatable bonds is 12. The van der Waals surface area contributed by atoms with Gasteiger partial charge in [-0.2, -0.15) is 0 Å². The molecule has 0 aliphatic rings. The van der Waals surface area contributed by atoms with Crippen LogP contribution in [0.1, 0.15) is 65.2 Å². The first-order valence-corrected chi connectivity index (χ1v) is 10.2. The van der Waals surface area contributed by atoms with E-state index in [0.717, 1.165) is 38.5 Å². The maximum absolute atomic E-state index is 11.6. The van der Waals surface area contributed by atoms with Crippen LogP contribution in [0.4, 0.5) is 0 Å². The lowest BCUT2D eigenvalue weighted by Gasteiger charge is -2.05. The highest BCUT2D eigenvalue weighted by molar-refractivity contribution is 8.04. The third-order valence-corrected chi connectivity index (χ3v) is 6.16. The van der Waals surface area contributed by atoms with Gasteiger partial charge in [-0.1, -0.05) is 52.4 Å². The fraction of sp³-hybridized carbons (Fsp3) is 1.00. The van der Waals surface area contributed by atoms with Crippen molar-refractivity contribution in [2.75, 3.05) is 11.5 Å². The zero-order chi connectivity index (χ0) is 14.8. The molecule has 0 unspecified atom stereocenters. The molecule has 1 radical (unpaired) electrons. The normalized spacial score (nSPS) is 12.7. The van der Waals surface area contributed by atoms with Crippen molar-refractivity contribution in [3.8, 4) is 0 Å². The van der Waals surface area contributed by atoms with Crippen LogP contribution in [-0.4, -0.2) is 28.3 Å². The Labute approximate surface area is 118 Å². The predicted molar refractivity (Wildman–Crippen MR) is 78.0 cm³/mol. The summed E-state index contributed by atoms with van der Waals surface area (Å²) in [5, 5.41) is 0. The summed E-state index contributed by atoms with van der Waals surface area (Å²) in [6, 6.07) is 0. The molecule has 0 aliphatic carbocycles. The van der Waals surface area contributed by atoms with Gasteiger partial charge in [0.2, 0.25) is 20.0 Å². The summed E-state index contributed by atoms with van der Waals surface area (Å²) in [6.07, 6.45) is 6.47. The molecule has 0 spiro atoms. The van der Waals surface area contributed by atoms with Crippen molar-refractivity contribution >= 4 is 20.0 Å². The van der Waals surface area contributed by atoms with E-state index in [2.05, 4.69) is 4.13 Å².